The van der Waals surface area contributed by atoms with E-state index in [2.05, 4.69) is 5.32 Å². The van der Waals surface area contributed by atoms with Crippen molar-refractivity contribution >= 4 is 11.9 Å². The lowest BCUT2D eigenvalue weighted by Gasteiger charge is -2.24. The molecular weight excluding hydrogens is 232 g/mol. The molecule has 0 aliphatic heterocycles. The molecule has 0 spiro atoms. The highest BCUT2D eigenvalue weighted by Gasteiger charge is 2.42. The zero-order valence-electron chi connectivity index (χ0n) is 10.7. The smallest absolute Gasteiger partial charge is 0.311 e. The quantitative estimate of drug-likeness (QED) is 0.694. The number of nitrogens with two attached hydrogens (primary N) is 1. The third-order valence-electron chi connectivity index (χ3n) is 4.46. The van der Waals surface area contributed by atoms with Crippen molar-refractivity contribution in [1.82, 2.24) is 5.32 Å². The molecular formula is C13H22N2O3. The second-order valence-corrected chi connectivity index (χ2v) is 5.78. The highest BCUT2D eigenvalue weighted by atomic mass is 16.4. The van der Waals surface area contributed by atoms with Crippen LogP contribution in [0.3, 0.4) is 0 Å². The van der Waals surface area contributed by atoms with Gasteiger partial charge in [-0.05, 0) is 32.1 Å². The van der Waals surface area contributed by atoms with E-state index >= 15 is 0 Å². The SMILES string of the molecule is NC1CCC(C(=O)NCC2(C(=O)O)CCCC2)C1. The summed E-state index contributed by atoms with van der Waals surface area (Å²) in [5.74, 6) is -0.814. The van der Waals surface area contributed by atoms with Crippen molar-refractivity contribution < 1.29 is 14.7 Å². The molecule has 5 heteroatoms. The standard InChI is InChI=1S/C13H22N2O3/c14-10-4-3-9(7-10)11(16)15-8-13(12(17)18)5-1-2-6-13/h9-10H,1-8,14H2,(H,15,16)(H,17,18). The Morgan fingerprint density at radius 3 is 2.44 bits per heavy atom. The van der Waals surface area contributed by atoms with Crippen LogP contribution >= 0.6 is 0 Å². The van der Waals surface area contributed by atoms with Gasteiger partial charge in [-0.1, -0.05) is 12.8 Å². The van der Waals surface area contributed by atoms with E-state index in [0.717, 1.165) is 32.1 Å². The first-order valence-corrected chi connectivity index (χ1v) is 6.80. The molecule has 2 aliphatic rings. The van der Waals surface area contributed by atoms with Gasteiger partial charge in [-0.2, -0.15) is 0 Å². The van der Waals surface area contributed by atoms with E-state index in [1.165, 1.54) is 0 Å². The first-order chi connectivity index (χ1) is 8.53. The summed E-state index contributed by atoms with van der Waals surface area (Å²) in [6, 6.07) is 0.126. The molecule has 0 radical (unpaired) electrons. The maximum absolute atomic E-state index is 12.0. The molecule has 2 rings (SSSR count). The summed E-state index contributed by atoms with van der Waals surface area (Å²) in [5, 5.41) is 12.1. The minimum absolute atomic E-state index is 0.0181. The first kappa shape index (κ1) is 13.3. The molecule has 18 heavy (non-hydrogen) atoms. The normalized spacial score (nSPS) is 30.3. The predicted octanol–water partition coefficient (Wildman–Crippen LogP) is 0.875. The summed E-state index contributed by atoms with van der Waals surface area (Å²) in [5.41, 5.74) is 5.06. The van der Waals surface area contributed by atoms with Gasteiger partial charge in [0, 0.05) is 18.5 Å². The van der Waals surface area contributed by atoms with Gasteiger partial charge in [-0.25, -0.2) is 0 Å². The van der Waals surface area contributed by atoms with Crippen LogP contribution in [0.25, 0.3) is 0 Å². The summed E-state index contributed by atoms with van der Waals surface area (Å²) in [7, 11) is 0. The predicted molar refractivity (Wildman–Crippen MR) is 66.9 cm³/mol. The molecule has 5 nitrogen and oxygen atoms in total. The molecule has 0 aromatic rings. The van der Waals surface area contributed by atoms with Crippen LogP contribution in [-0.4, -0.2) is 29.6 Å². The van der Waals surface area contributed by atoms with Crippen molar-refractivity contribution in [2.45, 2.75) is 51.0 Å². The molecule has 0 aromatic heterocycles. The number of amides is 1. The second kappa shape index (κ2) is 5.26. The van der Waals surface area contributed by atoms with Crippen molar-refractivity contribution in [3.05, 3.63) is 0 Å². The van der Waals surface area contributed by atoms with E-state index in [-0.39, 0.29) is 24.4 Å². The fourth-order valence-electron chi connectivity index (χ4n) is 3.17. The number of hydrogen-bond donors (Lipinski definition) is 3. The van der Waals surface area contributed by atoms with E-state index in [9.17, 15) is 14.7 Å². The van der Waals surface area contributed by atoms with Crippen molar-refractivity contribution in [1.29, 1.82) is 0 Å². The lowest BCUT2D eigenvalue weighted by Crippen LogP contribution is -2.43. The number of rotatable bonds is 4. The number of carboxylic acids is 1. The van der Waals surface area contributed by atoms with Crippen molar-refractivity contribution in [3.8, 4) is 0 Å². The average molecular weight is 254 g/mol. The van der Waals surface area contributed by atoms with Crippen molar-refractivity contribution in [2.75, 3.05) is 6.54 Å². The number of aliphatic carboxylic acids is 1. The Bertz CT molecular complexity index is 337. The van der Waals surface area contributed by atoms with E-state index in [4.69, 9.17) is 5.73 Å². The zero-order chi connectivity index (χ0) is 13.2. The summed E-state index contributed by atoms with van der Waals surface area (Å²) in [4.78, 5) is 23.3. The third-order valence-corrected chi connectivity index (χ3v) is 4.46. The van der Waals surface area contributed by atoms with E-state index in [1.807, 2.05) is 0 Å². The number of carbonyl (C=O) groups excluding carboxylic acids is 1. The maximum Gasteiger partial charge on any atom is 0.311 e. The molecule has 2 unspecified atom stereocenters. The summed E-state index contributed by atoms with van der Waals surface area (Å²) in [6.45, 7) is 0.271. The van der Waals surface area contributed by atoms with Gasteiger partial charge < -0.3 is 16.2 Å². The van der Waals surface area contributed by atoms with E-state index in [0.29, 0.717) is 12.8 Å². The van der Waals surface area contributed by atoms with Crippen LogP contribution in [0.4, 0.5) is 0 Å². The average Bonchev–Trinajstić information content (AvgIpc) is 2.95. The fraction of sp³-hybridized carbons (Fsp3) is 0.846. The van der Waals surface area contributed by atoms with Crippen LogP contribution in [0.5, 0.6) is 0 Å². The Kier molecular flexibility index (Phi) is 3.90. The summed E-state index contributed by atoms with van der Waals surface area (Å²) in [6.07, 6.45) is 5.67. The minimum atomic E-state index is -0.775. The van der Waals surface area contributed by atoms with Gasteiger partial charge in [0.05, 0.1) is 5.41 Å². The fourth-order valence-corrected chi connectivity index (χ4v) is 3.17. The van der Waals surface area contributed by atoms with Crippen LogP contribution in [0, 0.1) is 11.3 Å². The second-order valence-electron chi connectivity index (χ2n) is 5.78. The highest BCUT2D eigenvalue weighted by Crippen LogP contribution is 2.38. The van der Waals surface area contributed by atoms with Gasteiger partial charge >= 0.3 is 5.97 Å². The molecule has 1 amide bonds. The Morgan fingerprint density at radius 1 is 1.28 bits per heavy atom. The number of nitrogens with one attached hydrogen (secondary N) is 1. The van der Waals surface area contributed by atoms with Crippen molar-refractivity contribution in [2.24, 2.45) is 17.1 Å². The molecule has 0 saturated heterocycles. The monoisotopic (exact) mass is 254 g/mol. The van der Waals surface area contributed by atoms with Crippen LogP contribution in [-0.2, 0) is 9.59 Å². The number of carboxylic acid groups (broad SMARTS) is 1. The summed E-state index contributed by atoms with van der Waals surface area (Å²) >= 11 is 0. The first-order valence-electron chi connectivity index (χ1n) is 6.80. The lowest BCUT2D eigenvalue weighted by molar-refractivity contribution is -0.148. The largest absolute Gasteiger partial charge is 0.481 e. The molecule has 4 N–H and O–H groups in total. The lowest BCUT2D eigenvalue weighted by atomic mass is 9.86. The van der Waals surface area contributed by atoms with Crippen LogP contribution < -0.4 is 11.1 Å². The zero-order valence-corrected chi connectivity index (χ0v) is 10.7. The van der Waals surface area contributed by atoms with Crippen LogP contribution in [0.15, 0.2) is 0 Å². The van der Waals surface area contributed by atoms with Gasteiger partial charge in [0.2, 0.25) is 5.91 Å². The van der Waals surface area contributed by atoms with Crippen LogP contribution in [0.2, 0.25) is 0 Å². The van der Waals surface area contributed by atoms with Crippen molar-refractivity contribution in [3.63, 3.8) is 0 Å². The molecule has 2 aliphatic carbocycles. The number of hydrogen-bond acceptors (Lipinski definition) is 3. The number of carbonyl (C=O) groups is 2. The van der Waals surface area contributed by atoms with E-state index < -0.39 is 11.4 Å². The van der Waals surface area contributed by atoms with Gasteiger partial charge in [0.25, 0.3) is 0 Å². The van der Waals surface area contributed by atoms with E-state index in [1.54, 1.807) is 0 Å². The van der Waals surface area contributed by atoms with Crippen LogP contribution in [0.1, 0.15) is 44.9 Å². The molecule has 2 saturated carbocycles. The summed E-state index contributed by atoms with van der Waals surface area (Å²) < 4.78 is 0. The maximum atomic E-state index is 12.0. The Hall–Kier alpha value is -1.10. The van der Waals surface area contributed by atoms with Gasteiger partial charge in [0.15, 0.2) is 0 Å². The Morgan fingerprint density at radius 2 is 1.94 bits per heavy atom. The Balaban J connectivity index is 1.86. The molecule has 0 aromatic carbocycles. The van der Waals surface area contributed by atoms with Gasteiger partial charge in [-0.15, -0.1) is 0 Å². The minimum Gasteiger partial charge on any atom is -0.481 e. The molecule has 0 bridgehead atoms. The van der Waals surface area contributed by atoms with Gasteiger partial charge in [-0.3, -0.25) is 9.59 Å². The molecule has 2 fully saturated rings. The molecule has 2 atom stereocenters. The molecule has 0 heterocycles. The Labute approximate surface area is 107 Å². The molecule has 102 valence electrons. The third kappa shape index (κ3) is 2.66. The topological polar surface area (TPSA) is 92.4 Å². The van der Waals surface area contributed by atoms with Gasteiger partial charge in [0.1, 0.15) is 0 Å². The highest BCUT2D eigenvalue weighted by molar-refractivity contribution is 5.81.